The number of sulfonamides is 1. The minimum absolute atomic E-state index is 0.160. The number of likely N-dealkylation sites (tertiary alicyclic amines) is 1. The van der Waals surface area contributed by atoms with Crippen LogP contribution in [0.2, 0.25) is 0 Å². The monoisotopic (exact) mass is 461 g/mol. The molecule has 0 bridgehead atoms. The zero-order chi connectivity index (χ0) is 23.6. The Labute approximate surface area is 190 Å². The Bertz CT molecular complexity index is 1080. The number of urea groups is 1. The highest BCUT2D eigenvalue weighted by Crippen LogP contribution is 2.29. The lowest BCUT2D eigenvalue weighted by Gasteiger charge is -2.32. The fourth-order valence-corrected chi connectivity index (χ4v) is 5.96. The van der Waals surface area contributed by atoms with E-state index in [1.54, 1.807) is 4.90 Å². The molecule has 32 heavy (non-hydrogen) atoms. The molecule has 0 radical (unpaired) electrons. The number of nitrogens with zero attached hydrogens (tertiary/aromatic N) is 1. The summed E-state index contributed by atoms with van der Waals surface area (Å²) in [4.78, 5) is 14.5. The van der Waals surface area contributed by atoms with Crippen molar-refractivity contribution in [3.63, 3.8) is 0 Å². The molecule has 1 saturated heterocycles. The van der Waals surface area contributed by atoms with Crippen molar-refractivity contribution in [2.75, 3.05) is 25.0 Å². The minimum Gasteiger partial charge on any atom is -0.325 e. The van der Waals surface area contributed by atoms with Crippen LogP contribution in [0.15, 0.2) is 29.2 Å². The molecule has 3 rings (SSSR count). The summed E-state index contributed by atoms with van der Waals surface area (Å²) in [6.07, 6.45) is 1.42. The standard InChI is InChI=1S/C24H32FN3O3S/c1-15-16(2)18(4)23(19(5)17(15)3)32(30,31)26-14-20-10-12-28(13-11-20)24(29)27-22-8-6-21(25)7-9-22/h6-9,20,26H,10-14H2,1-5H3,(H,27,29). The lowest BCUT2D eigenvalue weighted by molar-refractivity contribution is 0.183. The molecule has 1 aliphatic heterocycles. The van der Waals surface area contributed by atoms with E-state index in [9.17, 15) is 17.6 Å². The van der Waals surface area contributed by atoms with E-state index < -0.39 is 10.0 Å². The van der Waals surface area contributed by atoms with Gasteiger partial charge in [0.05, 0.1) is 4.90 Å². The molecule has 1 aliphatic rings. The van der Waals surface area contributed by atoms with Gasteiger partial charge in [0, 0.05) is 25.3 Å². The van der Waals surface area contributed by atoms with Crippen molar-refractivity contribution >= 4 is 21.7 Å². The fourth-order valence-electron chi connectivity index (χ4n) is 4.24. The maximum Gasteiger partial charge on any atom is 0.321 e. The van der Waals surface area contributed by atoms with Crippen LogP contribution in [-0.2, 0) is 10.0 Å². The largest absolute Gasteiger partial charge is 0.325 e. The first-order valence-corrected chi connectivity index (χ1v) is 12.4. The number of nitrogens with one attached hydrogen (secondary N) is 2. The maximum absolute atomic E-state index is 13.1. The second-order valence-electron chi connectivity index (χ2n) is 8.67. The van der Waals surface area contributed by atoms with Crippen molar-refractivity contribution in [2.24, 2.45) is 5.92 Å². The van der Waals surface area contributed by atoms with Crippen LogP contribution in [0.1, 0.15) is 40.7 Å². The molecule has 2 aromatic rings. The number of piperidine rings is 1. The topological polar surface area (TPSA) is 78.5 Å². The quantitative estimate of drug-likeness (QED) is 0.684. The normalized spacial score (nSPS) is 15.1. The van der Waals surface area contributed by atoms with Crippen LogP contribution in [0, 0.1) is 46.4 Å². The fraction of sp³-hybridized carbons (Fsp3) is 0.458. The molecule has 174 valence electrons. The zero-order valence-electron chi connectivity index (χ0n) is 19.4. The van der Waals surface area contributed by atoms with Crippen LogP contribution in [0.4, 0.5) is 14.9 Å². The summed E-state index contributed by atoms with van der Waals surface area (Å²) in [7, 11) is -3.63. The van der Waals surface area contributed by atoms with E-state index >= 15 is 0 Å². The molecule has 1 heterocycles. The van der Waals surface area contributed by atoms with E-state index in [1.165, 1.54) is 24.3 Å². The molecule has 0 aromatic heterocycles. The second-order valence-corrected chi connectivity index (χ2v) is 10.4. The highest BCUT2D eigenvalue weighted by atomic mass is 32.2. The van der Waals surface area contributed by atoms with E-state index in [4.69, 9.17) is 0 Å². The zero-order valence-corrected chi connectivity index (χ0v) is 20.2. The summed E-state index contributed by atoms with van der Waals surface area (Å²) in [6, 6.07) is 5.41. The van der Waals surface area contributed by atoms with Crippen molar-refractivity contribution < 1.29 is 17.6 Å². The van der Waals surface area contributed by atoms with Crippen LogP contribution in [0.25, 0.3) is 0 Å². The summed E-state index contributed by atoms with van der Waals surface area (Å²) in [5.74, 6) is -0.194. The number of anilines is 1. The van der Waals surface area contributed by atoms with Gasteiger partial charge in [-0.2, -0.15) is 0 Å². The average molecular weight is 462 g/mol. The summed E-state index contributed by atoms with van der Waals surface area (Å²) in [5.41, 5.74) is 5.28. The van der Waals surface area contributed by atoms with Gasteiger partial charge in [-0.1, -0.05) is 0 Å². The van der Waals surface area contributed by atoms with Crippen molar-refractivity contribution in [3.05, 3.63) is 57.9 Å². The summed E-state index contributed by atoms with van der Waals surface area (Å²) < 4.78 is 42.1. The van der Waals surface area contributed by atoms with E-state index in [0.29, 0.717) is 43.1 Å². The van der Waals surface area contributed by atoms with E-state index in [-0.39, 0.29) is 17.8 Å². The minimum atomic E-state index is -3.63. The third-order valence-electron chi connectivity index (χ3n) is 6.76. The second kappa shape index (κ2) is 9.58. The molecule has 2 amide bonds. The van der Waals surface area contributed by atoms with Gasteiger partial charge >= 0.3 is 6.03 Å². The third kappa shape index (κ3) is 5.13. The number of carbonyl (C=O) groups excluding carboxylic acids is 1. The van der Waals surface area contributed by atoms with Gasteiger partial charge in [0.25, 0.3) is 0 Å². The number of carbonyl (C=O) groups is 1. The smallest absolute Gasteiger partial charge is 0.321 e. The maximum atomic E-state index is 13.1. The summed E-state index contributed by atoms with van der Waals surface area (Å²) >= 11 is 0. The van der Waals surface area contributed by atoms with Gasteiger partial charge in [0.1, 0.15) is 5.82 Å². The van der Waals surface area contributed by atoms with Gasteiger partial charge in [-0.05, 0) is 105 Å². The van der Waals surface area contributed by atoms with Gasteiger partial charge in [-0.15, -0.1) is 0 Å². The number of hydrogen-bond acceptors (Lipinski definition) is 3. The third-order valence-corrected chi connectivity index (χ3v) is 8.46. The van der Waals surface area contributed by atoms with Crippen LogP contribution in [-0.4, -0.2) is 39.0 Å². The molecule has 0 aliphatic carbocycles. The van der Waals surface area contributed by atoms with E-state index in [1.807, 2.05) is 34.6 Å². The predicted molar refractivity (Wildman–Crippen MR) is 125 cm³/mol. The van der Waals surface area contributed by atoms with Crippen LogP contribution < -0.4 is 10.0 Å². The Morgan fingerprint density at radius 1 is 0.938 bits per heavy atom. The molecule has 8 heteroatoms. The summed E-state index contributed by atoms with van der Waals surface area (Å²) in [6.45, 7) is 11.1. The van der Waals surface area contributed by atoms with E-state index in [0.717, 1.165) is 27.8 Å². The van der Waals surface area contributed by atoms with E-state index in [2.05, 4.69) is 10.0 Å². The highest BCUT2D eigenvalue weighted by molar-refractivity contribution is 7.89. The lowest BCUT2D eigenvalue weighted by Crippen LogP contribution is -2.43. The van der Waals surface area contributed by atoms with Gasteiger partial charge in [-0.3, -0.25) is 0 Å². The first-order chi connectivity index (χ1) is 15.0. The average Bonchev–Trinajstić information content (AvgIpc) is 2.77. The summed E-state index contributed by atoms with van der Waals surface area (Å²) in [5, 5.41) is 2.77. The SMILES string of the molecule is Cc1c(C)c(C)c(S(=O)(=O)NCC2CCN(C(=O)Nc3ccc(F)cc3)CC2)c(C)c1C. The molecular formula is C24H32FN3O3S. The number of benzene rings is 2. The lowest BCUT2D eigenvalue weighted by atomic mass is 9.95. The molecule has 0 spiro atoms. The molecule has 1 fully saturated rings. The molecule has 2 aromatic carbocycles. The molecular weight excluding hydrogens is 429 g/mol. The molecule has 0 unspecified atom stereocenters. The Hall–Kier alpha value is -2.45. The Morgan fingerprint density at radius 2 is 1.44 bits per heavy atom. The van der Waals surface area contributed by atoms with Crippen LogP contribution >= 0.6 is 0 Å². The highest BCUT2D eigenvalue weighted by Gasteiger charge is 2.27. The Kier molecular flexibility index (Phi) is 7.25. The Balaban J connectivity index is 1.58. The van der Waals surface area contributed by atoms with Gasteiger partial charge in [-0.25, -0.2) is 22.3 Å². The van der Waals surface area contributed by atoms with Crippen molar-refractivity contribution in [1.82, 2.24) is 9.62 Å². The first kappa shape index (κ1) is 24.2. The van der Waals surface area contributed by atoms with Crippen LogP contribution in [0.5, 0.6) is 0 Å². The number of halogens is 1. The number of amides is 2. The van der Waals surface area contributed by atoms with Gasteiger partial charge < -0.3 is 10.2 Å². The van der Waals surface area contributed by atoms with Crippen molar-refractivity contribution in [2.45, 2.75) is 52.4 Å². The first-order valence-electron chi connectivity index (χ1n) is 10.9. The molecule has 6 nitrogen and oxygen atoms in total. The molecule has 0 atom stereocenters. The molecule has 2 N–H and O–H groups in total. The Morgan fingerprint density at radius 3 is 1.97 bits per heavy atom. The van der Waals surface area contributed by atoms with Crippen molar-refractivity contribution in [3.8, 4) is 0 Å². The van der Waals surface area contributed by atoms with Gasteiger partial charge in [0.15, 0.2) is 0 Å². The number of hydrogen-bond donors (Lipinski definition) is 2. The molecule has 0 saturated carbocycles. The number of rotatable bonds is 5. The predicted octanol–water partition coefficient (Wildman–Crippen LogP) is 4.59. The van der Waals surface area contributed by atoms with Crippen LogP contribution in [0.3, 0.4) is 0 Å². The van der Waals surface area contributed by atoms with Crippen molar-refractivity contribution in [1.29, 1.82) is 0 Å². The van der Waals surface area contributed by atoms with Gasteiger partial charge in [0.2, 0.25) is 10.0 Å².